The summed E-state index contributed by atoms with van der Waals surface area (Å²) in [6, 6.07) is 6.43. The van der Waals surface area contributed by atoms with E-state index in [2.05, 4.69) is 25.9 Å². The number of nitrogens with zero attached hydrogens (tertiary/aromatic N) is 2. The van der Waals surface area contributed by atoms with Gasteiger partial charge in [-0.3, -0.25) is 4.79 Å². The van der Waals surface area contributed by atoms with Crippen molar-refractivity contribution in [3.8, 4) is 0 Å². The monoisotopic (exact) mass is 367 g/mol. The van der Waals surface area contributed by atoms with Gasteiger partial charge in [0, 0.05) is 31.4 Å². The van der Waals surface area contributed by atoms with Crippen molar-refractivity contribution in [2.24, 2.45) is 0 Å². The number of anilines is 2. The number of benzene rings is 1. The summed E-state index contributed by atoms with van der Waals surface area (Å²) in [5, 5.41) is 8.48. The molecule has 0 saturated carbocycles. The molecule has 6 nitrogen and oxygen atoms in total. The summed E-state index contributed by atoms with van der Waals surface area (Å²) in [5.74, 6) is 0.281. The molecule has 0 saturated heterocycles. The van der Waals surface area contributed by atoms with Crippen molar-refractivity contribution in [1.29, 1.82) is 0 Å². The van der Waals surface area contributed by atoms with Crippen LogP contribution in [0.25, 0.3) is 0 Å². The summed E-state index contributed by atoms with van der Waals surface area (Å²) in [6.45, 7) is 4.88. The van der Waals surface area contributed by atoms with Crippen LogP contribution < -0.4 is 16.0 Å². The molecule has 0 spiro atoms. The first-order valence-corrected chi connectivity index (χ1v) is 8.09. The molecule has 0 fully saturated rings. The van der Waals surface area contributed by atoms with Gasteiger partial charge in [-0.2, -0.15) is 18.2 Å². The van der Waals surface area contributed by atoms with Gasteiger partial charge in [-0.05, 0) is 26.0 Å². The molecule has 140 valence electrons. The van der Waals surface area contributed by atoms with E-state index in [1.165, 1.54) is 12.1 Å². The van der Waals surface area contributed by atoms with Crippen LogP contribution in [0.2, 0.25) is 0 Å². The maximum absolute atomic E-state index is 12.9. The van der Waals surface area contributed by atoms with Crippen LogP contribution in [0, 0.1) is 6.92 Å². The summed E-state index contributed by atoms with van der Waals surface area (Å²) >= 11 is 0. The maximum Gasteiger partial charge on any atom is 0.417 e. The van der Waals surface area contributed by atoms with E-state index >= 15 is 0 Å². The Labute approximate surface area is 149 Å². The van der Waals surface area contributed by atoms with Crippen molar-refractivity contribution < 1.29 is 18.0 Å². The summed E-state index contributed by atoms with van der Waals surface area (Å²) in [5.41, 5.74) is -0.582. The zero-order valence-corrected chi connectivity index (χ0v) is 14.4. The average Bonchev–Trinajstić information content (AvgIpc) is 2.57. The molecule has 0 atom stereocenters. The minimum Gasteiger partial charge on any atom is -0.368 e. The molecule has 0 aliphatic rings. The van der Waals surface area contributed by atoms with Gasteiger partial charge in [0.05, 0.1) is 11.1 Å². The number of amides is 1. The number of nitrogens with one attached hydrogen (secondary N) is 3. The number of hydrogen-bond donors (Lipinski definition) is 3. The van der Waals surface area contributed by atoms with Crippen LogP contribution in [0.4, 0.5) is 24.9 Å². The lowest BCUT2D eigenvalue weighted by molar-refractivity contribution is -0.137. The van der Waals surface area contributed by atoms with Crippen LogP contribution in [-0.4, -0.2) is 35.5 Å². The lowest BCUT2D eigenvalue weighted by atomic mass is 10.1. The van der Waals surface area contributed by atoms with E-state index in [0.717, 1.165) is 17.8 Å². The van der Waals surface area contributed by atoms with Crippen LogP contribution in [0.3, 0.4) is 0 Å². The summed E-state index contributed by atoms with van der Waals surface area (Å²) in [4.78, 5) is 20.5. The first-order valence-electron chi connectivity index (χ1n) is 8.09. The number of rotatable bonds is 7. The minimum atomic E-state index is -4.58. The number of alkyl halides is 3. The Hall–Kier alpha value is -2.84. The normalized spacial score (nSPS) is 11.1. The minimum absolute atomic E-state index is 0.143. The molecule has 1 heterocycles. The van der Waals surface area contributed by atoms with Crippen molar-refractivity contribution in [3.05, 3.63) is 47.2 Å². The van der Waals surface area contributed by atoms with E-state index in [9.17, 15) is 18.0 Å². The molecule has 2 aromatic rings. The Morgan fingerprint density at radius 1 is 1.12 bits per heavy atom. The third-order valence-corrected chi connectivity index (χ3v) is 3.38. The number of aryl methyl sites for hydroxylation is 1. The Morgan fingerprint density at radius 2 is 1.85 bits per heavy atom. The summed E-state index contributed by atoms with van der Waals surface area (Å²) in [6.07, 6.45) is -4.58. The predicted octanol–water partition coefficient (Wildman–Crippen LogP) is 3.08. The third kappa shape index (κ3) is 5.33. The van der Waals surface area contributed by atoms with Crippen LogP contribution in [0.1, 0.15) is 28.5 Å². The average molecular weight is 367 g/mol. The Morgan fingerprint density at radius 3 is 2.54 bits per heavy atom. The number of halogens is 3. The third-order valence-electron chi connectivity index (χ3n) is 3.38. The largest absolute Gasteiger partial charge is 0.417 e. The van der Waals surface area contributed by atoms with E-state index in [4.69, 9.17) is 0 Å². The van der Waals surface area contributed by atoms with Gasteiger partial charge in [0.15, 0.2) is 0 Å². The molecular weight excluding hydrogens is 347 g/mol. The highest BCUT2D eigenvalue weighted by molar-refractivity contribution is 5.95. The summed E-state index contributed by atoms with van der Waals surface area (Å²) < 4.78 is 38.8. The van der Waals surface area contributed by atoms with Gasteiger partial charge in [0.2, 0.25) is 5.95 Å². The SMILES string of the molecule is CCNc1nc(C)cc(NCCNC(=O)c2ccccc2C(F)(F)F)n1. The quantitative estimate of drug-likeness (QED) is 0.656. The number of carbonyl (C=O) groups is 1. The Kier molecular flexibility index (Phi) is 6.37. The molecule has 0 radical (unpaired) electrons. The summed E-state index contributed by atoms with van der Waals surface area (Å²) in [7, 11) is 0. The van der Waals surface area contributed by atoms with Gasteiger partial charge >= 0.3 is 6.18 Å². The lowest BCUT2D eigenvalue weighted by Crippen LogP contribution is -2.30. The highest BCUT2D eigenvalue weighted by atomic mass is 19.4. The second-order valence-corrected chi connectivity index (χ2v) is 5.47. The van der Waals surface area contributed by atoms with E-state index in [1.807, 2.05) is 13.8 Å². The molecule has 1 amide bonds. The fourth-order valence-corrected chi connectivity index (χ4v) is 2.29. The van der Waals surface area contributed by atoms with E-state index < -0.39 is 23.2 Å². The number of aromatic nitrogens is 2. The molecule has 26 heavy (non-hydrogen) atoms. The van der Waals surface area contributed by atoms with Crippen LogP contribution in [0.5, 0.6) is 0 Å². The van der Waals surface area contributed by atoms with E-state index in [1.54, 1.807) is 6.07 Å². The topological polar surface area (TPSA) is 78.9 Å². The lowest BCUT2D eigenvalue weighted by Gasteiger charge is -2.13. The fourth-order valence-electron chi connectivity index (χ4n) is 2.29. The second kappa shape index (κ2) is 8.50. The number of hydrogen-bond acceptors (Lipinski definition) is 5. The molecule has 1 aromatic heterocycles. The highest BCUT2D eigenvalue weighted by Crippen LogP contribution is 2.31. The molecule has 2 rings (SSSR count). The van der Waals surface area contributed by atoms with Crippen LogP contribution in [-0.2, 0) is 6.18 Å². The first kappa shape index (κ1) is 19.5. The second-order valence-electron chi connectivity index (χ2n) is 5.47. The predicted molar refractivity (Wildman–Crippen MR) is 93.2 cm³/mol. The smallest absolute Gasteiger partial charge is 0.368 e. The molecule has 0 unspecified atom stereocenters. The van der Waals surface area contributed by atoms with E-state index in [0.29, 0.717) is 24.9 Å². The molecule has 0 aliphatic carbocycles. The molecule has 3 N–H and O–H groups in total. The van der Waals surface area contributed by atoms with Crippen LogP contribution >= 0.6 is 0 Å². The highest BCUT2D eigenvalue weighted by Gasteiger charge is 2.34. The van der Waals surface area contributed by atoms with Gasteiger partial charge in [-0.15, -0.1) is 0 Å². The zero-order chi connectivity index (χ0) is 19.2. The van der Waals surface area contributed by atoms with Crippen molar-refractivity contribution in [2.75, 3.05) is 30.3 Å². The molecule has 0 bridgehead atoms. The standard InChI is InChI=1S/C17H20F3N5O/c1-3-21-16-24-11(2)10-14(25-16)22-8-9-23-15(26)12-6-4-5-7-13(12)17(18,19)20/h4-7,10H,3,8-9H2,1-2H3,(H,23,26)(H2,21,22,24,25). The van der Waals surface area contributed by atoms with Gasteiger partial charge in [-0.25, -0.2) is 4.98 Å². The number of carbonyl (C=O) groups excluding carboxylic acids is 1. The molecular formula is C17H20F3N5O. The Bertz CT molecular complexity index is 764. The molecule has 9 heteroatoms. The van der Waals surface area contributed by atoms with Crippen molar-refractivity contribution in [1.82, 2.24) is 15.3 Å². The fraction of sp³-hybridized carbons (Fsp3) is 0.353. The maximum atomic E-state index is 12.9. The van der Waals surface area contributed by atoms with Gasteiger partial charge < -0.3 is 16.0 Å². The molecule has 1 aromatic carbocycles. The molecule has 0 aliphatic heterocycles. The van der Waals surface area contributed by atoms with Gasteiger partial charge in [0.1, 0.15) is 5.82 Å². The van der Waals surface area contributed by atoms with Crippen molar-refractivity contribution >= 4 is 17.7 Å². The van der Waals surface area contributed by atoms with E-state index in [-0.39, 0.29) is 6.54 Å². The van der Waals surface area contributed by atoms with Gasteiger partial charge in [0.25, 0.3) is 5.91 Å². The van der Waals surface area contributed by atoms with Crippen molar-refractivity contribution in [3.63, 3.8) is 0 Å². The zero-order valence-electron chi connectivity index (χ0n) is 14.4. The Balaban J connectivity index is 1.92. The van der Waals surface area contributed by atoms with Crippen molar-refractivity contribution in [2.45, 2.75) is 20.0 Å². The first-order chi connectivity index (χ1) is 12.3. The van der Waals surface area contributed by atoms with Gasteiger partial charge in [-0.1, -0.05) is 12.1 Å². The van der Waals surface area contributed by atoms with Crippen LogP contribution in [0.15, 0.2) is 30.3 Å².